The van der Waals surface area contributed by atoms with Gasteiger partial charge in [-0.1, -0.05) is 23.7 Å². The number of aryl methyl sites for hydroxylation is 1. The molecule has 0 amide bonds. The number of hydrogen-bond donors (Lipinski definition) is 1. The second-order valence-corrected chi connectivity index (χ2v) is 5.19. The number of H-pyrrole nitrogens is 1. The average Bonchev–Trinajstić information content (AvgIpc) is 2.83. The molecule has 0 bridgehead atoms. The molecule has 0 saturated carbocycles. The summed E-state index contributed by atoms with van der Waals surface area (Å²) < 4.78 is 30.4. The van der Waals surface area contributed by atoms with E-state index in [2.05, 4.69) is 15.1 Å². The molecule has 0 spiro atoms. The topological polar surface area (TPSA) is 72.3 Å². The van der Waals surface area contributed by atoms with Gasteiger partial charge in [0.05, 0.1) is 5.69 Å². The summed E-state index contributed by atoms with van der Waals surface area (Å²) in [5, 5.41) is 4.69. The Hall–Kier alpha value is -2.48. The Bertz CT molecular complexity index is 906. The van der Waals surface area contributed by atoms with Gasteiger partial charge in [-0.15, -0.1) is 0 Å². The quantitative estimate of drug-likeness (QED) is 0.792. The SMILES string of the molecule is Cc1nn2c(=O)[nH]c(OCC(F)F)nc2c1-c1ccc(Cl)cc1. The molecule has 6 nitrogen and oxygen atoms in total. The van der Waals surface area contributed by atoms with Gasteiger partial charge in [0.1, 0.15) is 0 Å². The molecule has 0 atom stereocenters. The fraction of sp³-hybridized carbons (Fsp3) is 0.214. The lowest BCUT2D eigenvalue weighted by Gasteiger charge is -2.05. The lowest BCUT2D eigenvalue weighted by atomic mass is 10.1. The normalized spacial score (nSPS) is 11.3. The summed E-state index contributed by atoms with van der Waals surface area (Å²) in [4.78, 5) is 18.4. The zero-order valence-electron chi connectivity index (χ0n) is 11.9. The smallest absolute Gasteiger partial charge is 0.352 e. The van der Waals surface area contributed by atoms with Crippen molar-refractivity contribution in [3.05, 3.63) is 45.5 Å². The van der Waals surface area contributed by atoms with Gasteiger partial charge in [0, 0.05) is 10.6 Å². The summed E-state index contributed by atoms with van der Waals surface area (Å²) in [5.74, 6) is 0. The first-order valence-electron chi connectivity index (χ1n) is 6.62. The van der Waals surface area contributed by atoms with Gasteiger partial charge in [0.25, 0.3) is 12.4 Å². The van der Waals surface area contributed by atoms with Gasteiger partial charge >= 0.3 is 5.69 Å². The fourth-order valence-electron chi connectivity index (χ4n) is 2.19. The van der Waals surface area contributed by atoms with Gasteiger partial charge in [-0.2, -0.15) is 14.6 Å². The maximum Gasteiger partial charge on any atom is 0.352 e. The number of rotatable bonds is 4. The predicted octanol–water partition coefficient (Wildman–Crippen LogP) is 2.69. The Morgan fingerprint density at radius 1 is 1.35 bits per heavy atom. The molecule has 0 unspecified atom stereocenters. The maximum absolute atomic E-state index is 12.2. The van der Waals surface area contributed by atoms with Gasteiger partial charge < -0.3 is 4.74 Å². The molecular formula is C14H11ClF2N4O2. The van der Waals surface area contributed by atoms with Crippen LogP contribution in [0, 0.1) is 6.92 Å². The molecule has 2 aromatic heterocycles. The Morgan fingerprint density at radius 2 is 2.04 bits per heavy atom. The zero-order valence-corrected chi connectivity index (χ0v) is 12.6. The summed E-state index contributed by atoms with van der Waals surface area (Å²) in [5.41, 5.74) is 1.52. The molecule has 1 aromatic carbocycles. The number of aromatic amines is 1. The number of fused-ring (bicyclic) bond motifs is 1. The van der Waals surface area contributed by atoms with E-state index in [1.165, 1.54) is 0 Å². The van der Waals surface area contributed by atoms with Crippen molar-refractivity contribution >= 4 is 17.2 Å². The summed E-state index contributed by atoms with van der Waals surface area (Å²) in [6, 6.07) is 6.63. The summed E-state index contributed by atoms with van der Waals surface area (Å²) >= 11 is 5.87. The minimum atomic E-state index is -2.67. The molecule has 3 aromatic rings. The van der Waals surface area contributed by atoms with Crippen LogP contribution in [0.25, 0.3) is 16.8 Å². The molecule has 0 saturated heterocycles. The third kappa shape index (κ3) is 3.02. The standard InChI is InChI=1S/C14H11ClF2N4O2/c1-7-11(8-2-4-9(15)5-3-8)12-18-13(23-6-10(16)17)19-14(22)21(12)20-7/h2-5,10H,6H2,1H3,(H,18,19,22). The number of hydrogen-bond acceptors (Lipinski definition) is 4. The number of aromatic nitrogens is 4. The number of benzene rings is 1. The van der Waals surface area contributed by atoms with E-state index in [0.717, 1.165) is 10.1 Å². The van der Waals surface area contributed by atoms with Crippen LogP contribution in [0.4, 0.5) is 8.78 Å². The van der Waals surface area contributed by atoms with Crippen LogP contribution in [0.3, 0.4) is 0 Å². The van der Waals surface area contributed by atoms with Crippen LogP contribution in [0.5, 0.6) is 6.01 Å². The van der Waals surface area contributed by atoms with Crippen LogP contribution in [-0.2, 0) is 0 Å². The zero-order chi connectivity index (χ0) is 16.6. The highest BCUT2D eigenvalue weighted by Gasteiger charge is 2.17. The van der Waals surface area contributed by atoms with Crippen LogP contribution < -0.4 is 10.4 Å². The van der Waals surface area contributed by atoms with Crippen molar-refractivity contribution in [2.24, 2.45) is 0 Å². The lowest BCUT2D eigenvalue weighted by molar-refractivity contribution is 0.0768. The summed E-state index contributed by atoms with van der Waals surface area (Å²) in [6.45, 7) is 0.861. The predicted molar refractivity (Wildman–Crippen MR) is 80.3 cm³/mol. The maximum atomic E-state index is 12.2. The Kier molecular flexibility index (Phi) is 3.99. The largest absolute Gasteiger partial charge is 0.459 e. The summed E-state index contributed by atoms with van der Waals surface area (Å²) in [6.07, 6.45) is -2.67. The first-order valence-corrected chi connectivity index (χ1v) is 7.00. The van der Waals surface area contributed by atoms with Crippen molar-refractivity contribution in [2.75, 3.05) is 6.61 Å². The molecule has 1 N–H and O–H groups in total. The van der Waals surface area contributed by atoms with E-state index in [4.69, 9.17) is 16.3 Å². The van der Waals surface area contributed by atoms with Crippen molar-refractivity contribution in [3.8, 4) is 17.1 Å². The number of nitrogens with one attached hydrogen (secondary N) is 1. The van der Waals surface area contributed by atoms with E-state index in [9.17, 15) is 13.6 Å². The number of ether oxygens (including phenoxy) is 1. The molecule has 120 valence electrons. The molecule has 0 aliphatic carbocycles. The molecule has 0 radical (unpaired) electrons. The fourth-order valence-corrected chi connectivity index (χ4v) is 2.32. The first kappa shape index (κ1) is 15.4. The van der Waals surface area contributed by atoms with Gasteiger partial charge in [-0.05, 0) is 24.6 Å². The highest BCUT2D eigenvalue weighted by atomic mass is 35.5. The minimum Gasteiger partial charge on any atom is -0.459 e. The van der Waals surface area contributed by atoms with E-state index < -0.39 is 18.7 Å². The van der Waals surface area contributed by atoms with Crippen LogP contribution in [0.15, 0.2) is 29.1 Å². The van der Waals surface area contributed by atoms with Crippen molar-refractivity contribution in [2.45, 2.75) is 13.3 Å². The molecule has 0 aliphatic heterocycles. The third-order valence-corrected chi connectivity index (χ3v) is 3.38. The molecular weight excluding hydrogens is 330 g/mol. The summed E-state index contributed by atoms with van der Waals surface area (Å²) in [7, 11) is 0. The molecule has 9 heteroatoms. The van der Waals surface area contributed by atoms with Crippen LogP contribution >= 0.6 is 11.6 Å². The molecule has 0 aliphatic rings. The minimum absolute atomic E-state index is 0.220. The highest BCUT2D eigenvalue weighted by molar-refractivity contribution is 6.30. The molecule has 23 heavy (non-hydrogen) atoms. The highest BCUT2D eigenvalue weighted by Crippen LogP contribution is 2.27. The average molecular weight is 341 g/mol. The molecule has 0 fully saturated rings. The van der Waals surface area contributed by atoms with E-state index in [-0.39, 0.29) is 11.7 Å². The van der Waals surface area contributed by atoms with Gasteiger partial charge in [0.2, 0.25) is 0 Å². The van der Waals surface area contributed by atoms with Crippen LogP contribution in [-0.4, -0.2) is 32.6 Å². The van der Waals surface area contributed by atoms with Gasteiger partial charge in [-0.3, -0.25) is 4.98 Å². The van der Waals surface area contributed by atoms with E-state index in [0.29, 0.717) is 16.3 Å². The monoisotopic (exact) mass is 340 g/mol. The van der Waals surface area contributed by atoms with E-state index in [1.807, 2.05) is 0 Å². The number of nitrogens with zero attached hydrogens (tertiary/aromatic N) is 3. The Balaban J connectivity index is 2.15. The van der Waals surface area contributed by atoms with Crippen molar-refractivity contribution in [1.82, 2.24) is 19.6 Å². The second-order valence-electron chi connectivity index (χ2n) is 4.75. The molecule has 2 heterocycles. The third-order valence-electron chi connectivity index (χ3n) is 3.13. The van der Waals surface area contributed by atoms with Crippen molar-refractivity contribution in [1.29, 1.82) is 0 Å². The van der Waals surface area contributed by atoms with Gasteiger partial charge in [-0.25, -0.2) is 13.6 Å². The van der Waals surface area contributed by atoms with E-state index in [1.54, 1.807) is 31.2 Å². The van der Waals surface area contributed by atoms with Crippen molar-refractivity contribution < 1.29 is 13.5 Å². The van der Waals surface area contributed by atoms with Crippen LogP contribution in [0.1, 0.15) is 5.69 Å². The van der Waals surface area contributed by atoms with Gasteiger partial charge in [0.15, 0.2) is 12.3 Å². The first-order chi connectivity index (χ1) is 11.0. The Labute approximate surface area is 133 Å². The number of halogens is 3. The van der Waals surface area contributed by atoms with Crippen molar-refractivity contribution in [3.63, 3.8) is 0 Å². The number of alkyl halides is 2. The lowest BCUT2D eigenvalue weighted by Crippen LogP contribution is -2.21. The second kappa shape index (κ2) is 5.96. The molecule has 3 rings (SSSR count). The van der Waals surface area contributed by atoms with E-state index >= 15 is 0 Å². The van der Waals surface area contributed by atoms with Crippen LogP contribution in [0.2, 0.25) is 5.02 Å². The Morgan fingerprint density at radius 3 is 2.70 bits per heavy atom.